The number of carbonyl (C=O) groups excluding carboxylic acids is 1. The van der Waals surface area contributed by atoms with Gasteiger partial charge in [0.15, 0.2) is 11.6 Å². The third-order valence-electron chi connectivity index (χ3n) is 2.42. The number of hydrogen-bond donors (Lipinski definition) is 2. The van der Waals surface area contributed by atoms with Gasteiger partial charge in [0.1, 0.15) is 0 Å². The van der Waals surface area contributed by atoms with Crippen molar-refractivity contribution in [1.29, 1.82) is 0 Å². The SMILES string of the molecule is CCN(CC)C(=O)Nc1ccc(F)c(F)c1N. The highest BCUT2D eigenvalue weighted by Gasteiger charge is 2.14. The van der Waals surface area contributed by atoms with E-state index in [2.05, 4.69) is 5.32 Å². The number of carbonyl (C=O) groups is 1. The van der Waals surface area contributed by atoms with E-state index in [0.29, 0.717) is 13.1 Å². The highest BCUT2D eigenvalue weighted by Crippen LogP contribution is 2.24. The van der Waals surface area contributed by atoms with Crippen LogP contribution in [-0.4, -0.2) is 24.0 Å². The largest absolute Gasteiger partial charge is 0.395 e. The Hall–Kier alpha value is -1.85. The average Bonchev–Trinajstić information content (AvgIpc) is 2.31. The molecule has 1 aromatic carbocycles. The molecule has 94 valence electrons. The number of nitrogens with two attached hydrogens (primary N) is 1. The van der Waals surface area contributed by atoms with Gasteiger partial charge in [0.25, 0.3) is 0 Å². The predicted molar refractivity (Wildman–Crippen MR) is 62.7 cm³/mol. The summed E-state index contributed by atoms with van der Waals surface area (Å²) in [5.41, 5.74) is 5.04. The molecule has 0 aromatic heterocycles. The van der Waals surface area contributed by atoms with Gasteiger partial charge in [-0.25, -0.2) is 13.6 Å². The first kappa shape index (κ1) is 13.2. The van der Waals surface area contributed by atoms with Crippen molar-refractivity contribution in [3.8, 4) is 0 Å². The third-order valence-corrected chi connectivity index (χ3v) is 2.42. The van der Waals surface area contributed by atoms with Gasteiger partial charge in [-0.2, -0.15) is 0 Å². The van der Waals surface area contributed by atoms with Crippen LogP contribution >= 0.6 is 0 Å². The van der Waals surface area contributed by atoms with Gasteiger partial charge < -0.3 is 16.0 Å². The normalized spacial score (nSPS) is 10.1. The van der Waals surface area contributed by atoms with Gasteiger partial charge in [-0.15, -0.1) is 0 Å². The summed E-state index contributed by atoms with van der Waals surface area (Å²) in [6.45, 7) is 4.67. The van der Waals surface area contributed by atoms with Gasteiger partial charge in [-0.1, -0.05) is 0 Å². The number of anilines is 2. The van der Waals surface area contributed by atoms with E-state index in [1.807, 2.05) is 13.8 Å². The second-order valence-electron chi connectivity index (χ2n) is 3.43. The van der Waals surface area contributed by atoms with Crippen LogP contribution in [0.25, 0.3) is 0 Å². The molecule has 0 spiro atoms. The van der Waals surface area contributed by atoms with Gasteiger partial charge in [-0.05, 0) is 26.0 Å². The van der Waals surface area contributed by atoms with Crippen molar-refractivity contribution < 1.29 is 13.6 Å². The molecule has 0 bridgehead atoms. The first-order valence-electron chi connectivity index (χ1n) is 5.30. The number of nitrogen functional groups attached to an aromatic ring is 1. The Morgan fingerprint density at radius 1 is 1.35 bits per heavy atom. The van der Waals surface area contributed by atoms with Gasteiger partial charge in [0.05, 0.1) is 11.4 Å². The Morgan fingerprint density at radius 3 is 2.47 bits per heavy atom. The van der Waals surface area contributed by atoms with Crippen molar-refractivity contribution in [1.82, 2.24) is 4.90 Å². The summed E-state index contributed by atoms with van der Waals surface area (Å²) in [6, 6.07) is 1.76. The number of rotatable bonds is 3. The van der Waals surface area contributed by atoms with Crippen LogP contribution in [0.5, 0.6) is 0 Å². The fourth-order valence-corrected chi connectivity index (χ4v) is 1.38. The first-order valence-corrected chi connectivity index (χ1v) is 5.30. The summed E-state index contributed by atoms with van der Waals surface area (Å²) < 4.78 is 26.0. The number of nitrogens with zero attached hydrogens (tertiary/aromatic N) is 1. The lowest BCUT2D eigenvalue weighted by molar-refractivity contribution is 0.217. The van der Waals surface area contributed by atoms with Gasteiger partial charge in [-0.3, -0.25) is 0 Å². The number of amides is 2. The number of hydrogen-bond acceptors (Lipinski definition) is 2. The summed E-state index contributed by atoms with van der Waals surface area (Å²) in [7, 11) is 0. The molecule has 0 saturated heterocycles. The fraction of sp³-hybridized carbons (Fsp3) is 0.364. The molecule has 0 atom stereocenters. The molecule has 0 aliphatic rings. The van der Waals surface area contributed by atoms with E-state index in [4.69, 9.17) is 5.73 Å². The highest BCUT2D eigenvalue weighted by atomic mass is 19.2. The summed E-state index contributed by atoms with van der Waals surface area (Å²) in [5.74, 6) is -2.19. The number of benzene rings is 1. The molecular weight excluding hydrogens is 228 g/mol. The number of nitrogens with one attached hydrogen (secondary N) is 1. The molecule has 0 aliphatic carbocycles. The van der Waals surface area contributed by atoms with Crippen LogP contribution in [0.3, 0.4) is 0 Å². The van der Waals surface area contributed by atoms with Crippen molar-refractivity contribution in [3.05, 3.63) is 23.8 Å². The van der Waals surface area contributed by atoms with E-state index in [9.17, 15) is 13.6 Å². The van der Waals surface area contributed by atoms with E-state index in [1.54, 1.807) is 0 Å². The molecular formula is C11H15F2N3O. The standard InChI is InChI=1S/C11H15F2N3O/c1-3-16(4-2)11(17)15-8-6-5-7(12)9(13)10(8)14/h5-6H,3-4,14H2,1-2H3,(H,15,17). The molecule has 17 heavy (non-hydrogen) atoms. The fourth-order valence-electron chi connectivity index (χ4n) is 1.38. The van der Waals surface area contributed by atoms with Crippen molar-refractivity contribution in [2.45, 2.75) is 13.8 Å². The van der Waals surface area contributed by atoms with Crippen LogP contribution in [-0.2, 0) is 0 Å². The van der Waals surface area contributed by atoms with Crippen molar-refractivity contribution >= 4 is 17.4 Å². The van der Waals surface area contributed by atoms with Crippen LogP contribution in [0.4, 0.5) is 25.0 Å². The monoisotopic (exact) mass is 243 g/mol. The summed E-state index contributed by atoms with van der Waals surface area (Å²) in [6.07, 6.45) is 0. The lowest BCUT2D eigenvalue weighted by Crippen LogP contribution is -2.34. The smallest absolute Gasteiger partial charge is 0.321 e. The van der Waals surface area contributed by atoms with Gasteiger partial charge in [0, 0.05) is 13.1 Å². The molecule has 0 radical (unpaired) electrons. The van der Waals surface area contributed by atoms with Crippen LogP contribution in [0.1, 0.15) is 13.8 Å². The van der Waals surface area contributed by atoms with Gasteiger partial charge in [0.2, 0.25) is 0 Å². The maximum Gasteiger partial charge on any atom is 0.321 e. The third kappa shape index (κ3) is 2.83. The maximum atomic E-state index is 13.1. The van der Waals surface area contributed by atoms with Crippen LogP contribution in [0.2, 0.25) is 0 Å². The zero-order valence-corrected chi connectivity index (χ0v) is 9.76. The zero-order chi connectivity index (χ0) is 13.0. The predicted octanol–water partition coefficient (Wildman–Crippen LogP) is 2.42. The van der Waals surface area contributed by atoms with E-state index in [-0.39, 0.29) is 5.69 Å². The quantitative estimate of drug-likeness (QED) is 0.801. The highest BCUT2D eigenvalue weighted by molar-refractivity contribution is 5.92. The molecule has 1 aromatic rings. The summed E-state index contributed by atoms with van der Waals surface area (Å²) >= 11 is 0. The zero-order valence-electron chi connectivity index (χ0n) is 9.76. The summed E-state index contributed by atoms with van der Waals surface area (Å²) in [5, 5.41) is 2.44. The van der Waals surface area contributed by atoms with Gasteiger partial charge >= 0.3 is 6.03 Å². The van der Waals surface area contributed by atoms with E-state index >= 15 is 0 Å². The minimum absolute atomic E-state index is 0.0702. The Bertz CT molecular complexity index is 419. The second-order valence-corrected chi connectivity index (χ2v) is 3.43. The van der Waals surface area contributed by atoms with Crippen molar-refractivity contribution in [3.63, 3.8) is 0 Å². The Balaban J connectivity index is 2.89. The Kier molecular flexibility index (Phi) is 4.25. The molecule has 2 amide bonds. The molecule has 4 nitrogen and oxygen atoms in total. The average molecular weight is 243 g/mol. The second kappa shape index (κ2) is 5.47. The number of urea groups is 1. The van der Waals surface area contributed by atoms with Crippen LogP contribution in [0.15, 0.2) is 12.1 Å². The molecule has 1 rings (SSSR count). The summed E-state index contributed by atoms with van der Waals surface area (Å²) in [4.78, 5) is 13.2. The van der Waals surface area contributed by atoms with E-state index in [1.165, 1.54) is 11.0 Å². The Morgan fingerprint density at radius 2 is 1.94 bits per heavy atom. The minimum atomic E-state index is -1.15. The maximum absolute atomic E-state index is 13.1. The van der Waals surface area contributed by atoms with E-state index in [0.717, 1.165) is 6.07 Å². The first-order chi connectivity index (χ1) is 8.01. The van der Waals surface area contributed by atoms with E-state index < -0.39 is 23.4 Å². The topological polar surface area (TPSA) is 58.4 Å². The molecule has 0 aliphatic heterocycles. The molecule has 0 heterocycles. The lowest BCUT2D eigenvalue weighted by atomic mass is 10.2. The molecule has 0 fully saturated rings. The molecule has 3 N–H and O–H groups in total. The minimum Gasteiger partial charge on any atom is -0.395 e. The van der Waals surface area contributed by atoms with Crippen molar-refractivity contribution in [2.75, 3.05) is 24.1 Å². The van der Waals surface area contributed by atoms with Crippen LogP contribution in [0, 0.1) is 11.6 Å². The molecule has 6 heteroatoms. The van der Waals surface area contributed by atoms with Crippen molar-refractivity contribution in [2.24, 2.45) is 0 Å². The van der Waals surface area contributed by atoms with Crippen LogP contribution < -0.4 is 11.1 Å². The Labute approximate surface area is 98.4 Å². The molecule has 0 unspecified atom stereocenters. The number of halogens is 2. The lowest BCUT2D eigenvalue weighted by Gasteiger charge is -2.19. The molecule has 0 saturated carbocycles.